The van der Waals surface area contributed by atoms with E-state index in [-0.39, 0.29) is 41.9 Å². The van der Waals surface area contributed by atoms with Crippen LogP contribution in [0.5, 0.6) is 0 Å². The summed E-state index contributed by atoms with van der Waals surface area (Å²) >= 11 is 0. The van der Waals surface area contributed by atoms with Gasteiger partial charge in [0.2, 0.25) is 0 Å². The molecule has 4 saturated carbocycles. The van der Waals surface area contributed by atoms with Crippen LogP contribution < -0.4 is 16.3 Å². The molecule has 0 spiro atoms. The van der Waals surface area contributed by atoms with Gasteiger partial charge in [-0.1, -0.05) is 20.8 Å². The van der Waals surface area contributed by atoms with Gasteiger partial charge < -0.3 is 20.3 Å². The number of rotatable bonds is 12. The number of hydrogen-bond donors (Lipinski definition) is 5. The Morgan fingerprint density at radius 3 is 2.40 bits per heavy atom. The molecule has 13 nitrogen and oxygen atoms in total. The molecular formula is C35H52N4O9. The molecule has 1 heterocycles. The quantitative estimate of drug-likeness (QED) is 0.109. The maximum absolute atomic E-state index is 13.6. The van der Waals surface area contributed by atoms with E-state index in [1.54, 1.807) is 0 Å². The minimum Gasteiger partial charge on any atom is -0.481 e. The first kappa shape index (κ1) is 34.8. The molecule has 0 bridgehead atoms. The predicted octanol–water partition coefficient (Wildman–Crippen LogP) is 4.72. The lowest BCUT2D eigenvalue weighted by Gasteiger charge is -2.61. The summed E-state index contributed by atoms with van der Waals surface area (Å²) in [5, 5.41) is 33.3. The fourth-order valence-electron chi connectivity index (χ4n) is 11.3. The highest BCUT2D eigenvalue weighted by atomic mass is 16.8. The van der Waals surface area contributed by atoms with Crippen LogP contribution in [0, 0.1) is 56.5 Å². The van der Waals surface area contributed by atoms with E-state index in [1.807, 2.05) is 0 Å². The first-order valence-corrected chi connectivity index (χ1v) is 18.0. The third kappa shape index (κ3) is 6.49. The molecule has 5 N–H and O–H groups in total. The van der Waals surface area contributed by atoms with E-state index in [0.717, 1.165) is 32.1 Å². The number of aliphatic carboxylic acids is 2. The molecule has 5 aliphatic carbocycles. The number of nitro groups is 1. The lowest BCUT2D eigenvalue weighted by Crippen LogP contribution is -2.54. The van der Waals surface area contributed by atoms with E-state index < -0.39 is 41.0 Å². The normalized spacial score (nSPS) is 39.7. The van der Waals surface area contributed by atoms with E-state index >= 15 is 0 Å². The number of nitrogens with zero attached hydrogens (tertiary/aromatic N) is 1. The number of nitrogens with one attached hydrogen (secondary N) is 3. The number of carboxylic acid groups (broad SMARTS) is 2. The number of carbonyl (C=O) groups excluding carboxylic acids is 1. The molecule has 0 aromatic heterocycles. The second kappa shape index (κ2) is 13.7. The molecular weight excluding hydrogens is 620 g/mol. The van der Waals surface area contributed by atoms with Crippen molar-refractivity contribution in [1.29, 1.82) is 0 Å². The Hall–Kier alpha value is -3.03. The minimum atomic E-state index is -1.03. The molecule has 48 heavy (non-hydrogen) atoms. The topological polar surface area (TPSA) is 189 Å². The van der Waals surface area contributed by atoms with E-state index in [1.165, 1.54) is 44.3 Å². The first-order chi connectivity index (χ1) is 22.8. The van der Waals surface area contributed by atoms with E-state index in [4.69, 9.17) is 9.68 Å². The highest BCUT2D eigenvalue weighted by Crippen LogP contribution is 2.68. The van der Waals surface area contributed by atoms with Crippen LogP contribution in [0.3, 0.4) is 0 Å². The molecule has 266 valence electrons. The van der Waals surface area contributed by atoms with Gasteiger partial charge in [0.1, 0.15) is 24.2 Å². The summed E-state index contributed by atoms with van der Waals surface area (Å²) in [6.07, 6.45) is 13.1. The highest BCUT2D eigenvalue weighted by molar-refractivity contribution is 5.77. The van der Waals surface area contributed by atoms with Crippen LogP contribution in [0.15, 0.2) is 23.5 Å². The predicted molar refractivity (Wildman–Crippen MR) is 173 cm³/mol. The molecule has 6 aliphatic rings. The Morgan fingerprint density at radius 2 is 1.67 bits per heavy atom. The first-order valence-electron chi connectivity index (χ1n) is 18.0. The number of esters is 1. The fraction of sp³-hybridized carbons (Fsp3) is 0.800. The maximum Gasteiger partial charge on any atom is 0.328 e. The van der Waals surface area contributed by atoms with Crippen molar-refractivity contribution in [3.05, 3.63) is 33.7 Å². The van der Waals surface area contributed by atoms with Crippen molar-refractivity contribution in [2.75, 3.05) is 0 Å². The number of carboxylic acids is 2. The molecule has 1 saturated heterocycles. The Kier molecular flexibility index (Phi) is 9.94. The average Bonchev–Trinajstić information content (AvgIpc) is 3.67. The second-order valence-corrected chi connectivity index (χ2v) is 16.0. The van der Waals surface area contributed by atoms with Crippen LogP contribution in [0.25, 0.3) is 0 Å². The van der Waals surface area contributed by atoms with Crippen LogP contribution in [-0.2, 0) is 24.1 Å². The van der Waals surface area contributed by atoms with Crippen molar-refractivity contribution in [3.63, 3.8) is 0 Å². The zero-order valence-corrected chi connectivity index (χ0v) is 28.3. The molecule has 4 unspecified atom stereocenters. The van der Waals surface area contributed by atoms with Crippen LogP contribution in [0.4, 0.5) is 0 Å². The summed E-state index contributed by atoms with van der Waals surface area (Å²) in [5.41, 5.74) is 6.14. The molecule has 0 amide bonds. The van der Waals surface area contributed by atoms with Gasteiger partial charge in [-0.05, 0) is 123 Å². The van der Waals surface area contributed by atoms with E-state index in [0.29, 0.717) is 41.2 Å². The lowest BCUT2D eigenvalue weighted by molar-refractivity contribution is -0.431. The van der Waals surface area contributed by atoms with Gasteiger partial charge in [-0.3, -0.25) is 19.7 Å². The van der Waals surface area contributed by atoms with Crippen molar-refractivity contribution in [3.8, 4) is 0 Å². The highest BCUT2D eigenvalue weighted by Gasteiger charge is 2.61. The molecule has 0 radical (unpaired) electrons. The zero-order chi connectivity index (χ0) is 34.4. The third-order valence-corrected chi connectivity index (χ3v) is 13.7. The second-order valence-electron chi connectivity index (χ2n) is 16.0. The van der Waals surface area contributed by atoms with E-state index in [2.05, 4.69) is 37.0 Å². The Labute approximate surface area is 281 Å². The molecule has 1 aliphatic heterocycles. The van der Waals surface area contributed by atoms with Gasteiger partial charge in [0.25, 0.3) is 5.70 Å². The minimum absolute atomic E-state index is 0.0106. The Morgan fingerprint density at radius 1 is 0.979 bits per heavy atom. The van der Waals surface area contributed by atoms with Gasteiger partial charge in [0.05, 0.1) is 4.92 Å². The van der Waals surface area contributed by atoms with Crippen molar-refractivity contribution in [1.82, 2.24) is 16.3 Å². The smallest absolute Gasteiger partial charge is 0.328 e. The fourth-order valence-corrected chi connectivity index (χ4v) is 11.3. The number of hydroxylamine groups is 2. The standard InChI is InChI=1S/C35H52N4O9/c1-19(4-12-29(40)41)23-7-8-24-22-6-5-20-18-21(14-16-34(20,2)25(22)15-17-35(23,24)3)47-33(44)27(10-13-30(42)43)36-26-9-11-28(39(45)46)32-31(26)37-48-38-32/h9,11,19-25,27,31-32,36-38H,4-8,10,12-18H2,1-3H3,(H,40,41)(H,42,43)/t19-,20-,21+,22+,23?,24+,25?,27+,31?,32?,34+,35-/m1/s1. The van der Waals surface area contributed by atoms with Gasteiger partial charge in [0, 0.05) is 24.6 Å². The Bertz CT molecular complexity index is 1350. The molecule has 13 heteroatoms. The summed E-state index contributed by atoms with van der Waals surface area (Å²) in [6.45, 7) is 7.23. The van der Waals surface area contributed by atoms with Gasteiger partial charge in [-0.25, -0.2) is 9.73 Å². The Balaban J connectivity index is 1.09. The van der Waals surface area contributed by atoms with Crippen LogP contribution in [0.2, 0.25) is 0 Å². The summed E-state index contributed by atoms with van der Waals surface area (Å²) in [7, 11) is 0. The lowest BCUT2D eigenvalue weighted by atomic mass is 9.44. The number of allylic oxidation sites excluding steroid dienone is 2. The summed E-state index contributed by atoms with van der Waals surface area (Å²) in [6, 6.07) is -2.36. The summed E-state index contributed by atoms with van der Waals surface area (Å²) in [4.78, 5) is 52.4. The largest absolute Gasteiger partial charge is 0.481 e. The summed E-state index contributed by atoms with van der Waals surface area (Å²) < 4.78 is 6.14. The molecule has 12 atom stereocenters. The average molecular weight is 673 g/mol. The zero-order valence-electron chi connectivity index (χ0n) is 28.3. The molecule has 6 rings (SSSR count). The monoisotopic (exact) mass is 672 g/mol. The molecule has 0 aromatic rings. The van der Waals surface area contributed by atoms with Gasteiger partial charge in [0.15, 0.2) is 0 Å². The van der Waals surface area contributed by atoms with E-state index in [9.17, 15) is 34.7 Å². The maximum atomic E-state index is 13.6. The van der Waals surface area contributed by atoms with Crippen LogP contribution in [0.1, 0.15) is 104 Å². The number of hydrogen-bond acceptors (Lipinski definition) is 10. The third-order valence-electron chi connectivity index (χ3n) is 13.7. The number of fused-ring (bicyclic) bond motifs is 6. The molecule has 0 aromatic carbocycles. The number of carbonyl (C=O) groups is 3. The SMILES string of the molecule is C[C@H](CCC(=O)O)C1CC[C@H]2[C@@H]3CC[C@@H]4C[C@@H](OC(=O)[C@H](CCC(=O)O)NC5=CC=C([N+](=O)[O-])C6NONC56)CC[C@]4(C)C3CC[C@]12C. The number of ether oxygens (including phenoxy) is 1. The van der Waals surface area contributed by atoms with Crippen molar-refractivity contribution in [2.24, 2.45) is 46.3 Å². The van der Waals surface area contributed by atoms with Crippen molar-refractivity contribution in [2.45, 2.75) is 128 Å². The van der Waals surface area contributed by atoms with Gasteiger partial charge in [-0.2, -0.15) is 11.0 Å². The van der Waals surface area contributed by atoms with Gasteiger partial charge in [-0.15, -0.1) is 0 Å². The summed E-state index contributed by atoms with van der Waals surface area (Å²) in [5.74, 6) is 1.23. The van der Waals surface area contributed by atoms with Crippen LogP contribution in [-0.4, -0.2) is 57.3 Å². The van der Waals surface area contributed by atoms with Crippen molar-refractivity contribution < 1.29 is 39.2 Å². The molecule has 5 fully saturated rings. The van der Waals surface area contributed by atoms with Crippen molar-refractivity contribution >= 4 is 17.9 Å². The van der Waals surface area contributed by atoms with Gasteiger partial charge >= 0.3 is 17.9 Å². The van der Waals surface area contributed by atoms with Crippen LogP contribution >= 0.6 is 0 Å².